The lowest BCUT2D eigenvalue weighted by molar-refractivity contribution is -0.231. The zero-order valence-electron chi connectivity index (χ0n) is 18.5. The molecule has 2 bridgehead atoms. The highest BCUT2D eigenvalue weighted by molar-refractivity contribution is 6.23. The van der Waals surface area contributed by atoms with E-state index in [-0.39, 0.29) is 17.9 Å². The molecule has 1 aromatic carbocycles. The Bertz CT molecular complexity index is 1060. The number of hydrogen-bond donors (Lipinski definition) is 0. The SMILES string of the molecule is CCOC(=O)c1ccc(N2C(=O)[C@@H]3[C@@H](C2=O)[C@]2(C(OC(C)=O)OC(C)=O)C=C[C@]3(C)O2)cc1. The molecule has 0 radical (unpaired) electrons. The first-order chi connectivity index (χ1) is 15.5. The Morgan fingerprint density at radius 2 is 1.58 bits per heavy atom. The van der Waals surface area contributed by atoms with Gasteiger partial charge in [-0.25, -0.2) is 9.69 Å². The molecular formula is C23H23NO9. The summed E-state index contributed by atoms with van der Waals surface area (Å²) in [5, 5.41) is 0. The van der Waals surface area contributed by atoms with Gasteiger partial charge in [0.25, 0.3) is 6.29 Å². The summed E-state index contributed by atoms with van der Waals surface area (Å²) in [5.74, 6) is -5.12. The van der Waals surface area contributed by atoms with E-state index in [9.17, 15) is 24.0 Å². The largest absolute Gasteiger partial charge is 0.462 e. The summed E-state index contributed by atoms with van der Waals surface area (Å²) in [5.41, 5.74) is -2.28. The van der Waals surface area contributed by atoms with E-state index in [0.29, 0.717) is 0 Å². The molecular weight excluding hydrogens is 434 g/mol. The Balaban J connectivity index is 1.71. The highest BCUT2D eigenvalue weighted by Crippen LogP contribution is 2.59. The van der Waals surface area contributed by atoms with Crippen molar-refractivity contribution < 1.29 is 42.9 Å². The van der Waals surface area contributed by atoms with Crippen LogP contribution in [0.3, 0.4) is 0 Å². The Hall–Kier alpha value is -3.53. The van der Waals surface area contributed by atoms with Gasteiger partial charge in [-0.15, -0.1) is 0 Å². The highest BCUT2D eigenvalue weighted by Gasteiger charge is 2.75. The van der Waals surface area contributed by atoms with Gasteiger partial charge < -0.3 is 18.9 Å². The summed E-state index contributed by atoms with van der Waals surface area (Å²) in [4.78, 5) is 63.3. The van der Waals surface area contributed by atoms with Crippen molar-refractivity contribution in [1.29, 1.82) is 0 Å². The number of benzene rings is 1. The van der Waals surface area contributed by atoms with Gasteiger partial charge in [-0.2, -0.15) is 0 Å². The molecule has 174 valence electrons. The normalized spacial score (nSPS) is 29.4. The van der Waals surface area contributed by atoms with Crippen molar-refractivity contribution in [3.8, 4) is 0 Å². The van der Waals surface area contributed by atoms with E-state index in [0.717, 1.165) is 18.7 Å². The molecule has 0 unspecified atom stereocenters. The molecule has 4 rings (SSSR count). The Labute approximate surface area is 189 Å². The number of carbonyl (C=O) groups excluding carboxylic acids is 5. The first kappa shape index (κ1) is 22.7. The fourth-order valence-electron chi connectivity index (χ4n) is 4.78. The molecule has 0 aliphatic carbocycles. The topological polar surface area (TPSA) is 126 Å². The molecule has 0 N–H and O–H groups in total. The Morgan fingerprint density at radius 3 is 2.12 bits per heavy atom. The van der Waals surface area contributed by atoms with Gasteiger partial charge in [-0.3, -0.25) is 19.2 Å². The van der Waals surface area contributed by atoms with Crippen LogP contribution in [0, 0.1) is 11.8 Å². The summed E-state index contributed by atoms with van der Waals surface area (Å²) in [6, 6.07) is 5.88. The van der Waals surface area contributed by atoms with Crippen molar-refractivity contribution in [2.75, 3.05) is 11.5 Å². The van der Waals surface area contributed by atoms with E-state index in [2.05, 4.69) is 0 Å². The minimum atomic E-state index is -1.65. The number of ether oxygens (including phenoxy) is 4. The number of esters is 3. The maximum atomic E-state index is 13.6. The van der Waals surface area contributed by atoms with Crippen LogP contribution in [-0.4, -0.2) is 53.8 Å². The van der Waals surface area contributed by atoms with Gasteiger partial charge in [0.15, 0.2) is 5.60 Å². The third kappa shape index (κ3) is 3.41. The molecule has 4 atom stereocenters. The van der Waals surface area contributed by atoms with Crippen molar-refractivity contribution in [3.05, 3.63) is 42.0 Å². The van der Waals surface area contributed by atoms with Gasteiger partial charge in [0, 0.05) is 13.8 Å². The standard InChI is InChI=1S/C23H23NO9/c1-5-30-20(29)14-6-8-15(9-7-14)24-18(27)16-17(19(24)28)23(11-10-22(16,4)33-23)21(31-12(2)25)32-13(3)26/h6-11,16-17,21H,5H2,1-4H3/t16-,17-,22-,23-/m0/s1. The first-order valence-electron chi connectivity index (χ1n) is 10.4. The van der Waals surface area contributed by atoms with E-state index < -0.39 is 59.1 Å². The fraction of sp³-hybridized carbons (Fsp3) is 0.435. The van der Waals surface area contributed by atoms with Gasteiger partial charge in [-0.1, -0.05) is 6.08 Å². The van der Waals surface area contributed by atoms with Crippen LogP contribution in [0.5, 0.6) is 0 Å². The van der Waals surface area contributed by atoms with Crippen molar-refractivity contribution in [2.45, 2.75) is 45.2 Å². The third-order valence-electron chi connectivity index (χ3n) is 6.03. The van der Waals surface area contributed by atoms with Gasteiger partial charge in [0.05, 0.1) is 35.3 Å². The molecule has 2 saturated heterocycles. The fourth-order valence-corrected chi connectivity index (χ4v) is 4.78. The number of anilines is 1. The van der Waals surface area contributed by atoms with E-state index in [1.54, 1.807) is 19.9 Å². The summed E-state index contributed by atoms with van der Waals surface area (Å²) < 4.78 is 21.5. The zero-order chi connectivity index (χ0) is 24.1. The Kier molecular flexibility index (Phi) is 5.36. The predicted octanol–water partition coefficient (Wildman–Crippen LogP) is 1.52. The van der Waals surface area contributed by atoms with E-state index in [4.69, 9.17) is 18.9 Å². The molecule has 0 spiro atoms. The van der Waals surface area contributed by atoms with Gasteiger partial charge in [-0.05, 0) is 44.2 Å². The highest BCUT2D eigenvalue weighted by atomic mass is 16.7. The van der Waals surface area contributed by atoms with Crippen LogP contribution in [0.1, 0.15) is 38.1 Å². The van der Waals surface area contributed by atoms with Crippen molar-refractivity contribution in [1.82, 2.24) is 0 Å². The summed E-state index contributed by atoms with van der Waals surface area (Å²) >= 11 is 0. The molecule has 10 nitrogen and oxygen atoms in total. The molecule has 10 heteroatoms. The third-order valence-corrected chi connectivity index (χ3v) is 6.03. The summed E-state index contributed by atoms with van der Waals surface area (Å²) in [6.07, 6.45) is 1.58. The maximum Gasteiger partial charge on any atom is 0.338 e. The second kappa shape index (κ2) is 7.80. The molecule has 3 aliphatic rings. The lowest BCUT2D eigenvalue weighted by atomic mass is 9.72. The zero-order valence-corrected chi connectivity index (χ0v) is 18.5. The molecule has 0 saturated carbocycles. The van der Waals surface area contributed by atoms with E-state index in [1.165, 1.54) is 30.3 Å². The second-order valence-electron chi connectivity index (χ2n) is 8.26. The van der Waals surface area contributed by atoms with Gasteiger partial charge in [0.2, 0.25) is 11.8 Å². The van der Waals surface area contributed by atoms with Crippen molar-refractivity contribution in [3.63, 3.8) is 0 Å². The van der Waals surface area contributed by atoms with Crippen LogP contribution in [0.4, 0.5) is 5.69 Å². The summed E-state index contributed by atoms with van der Waals surface area (Å²) in [6.45, 7) is 5.82. The number of amides is 2. The maximum absolute atomic E-state index is 13.6. The van der Waals surface area contributed by atoms with E-state index >= 15 is 0 Å². The number of rotatable bonds is 6. The predicted molar refractivity (Wildman–Crippen MR) is 111 cm³/mol. The lowest BCUT2D eigenvalue weighted by Crippen LogP contribution is -2.52. The minimum Gasteiger partial charge on any atom is -0.462 e. The van der Waals surface area contributed by atoms with Crippen LogP contribution in [-0.2, 0) is 38.1 Å². The van der Waals surface area contributed by atoms with Crippen LogP contribution in [0.2, 0.25) is 0 Å². The minimum absolute atomic E-state index is 0.215. The molecule has 0 aromatic heterocycles. The number of carbonyl (C=O) groups is 5. The number of nitrogens with zero attached hydrogens (tertiary/aromatic N) is 1. The molecule has 2 fully saturated rings. The van der Waals surface area contributed by atoms with Crippen LogP contribution >= 0.6 is 0 Å². The molecule has 33 heavy (non-hydrogen) atoms. The van der Waals surface area contributed by atoms with Crippen molar-refractivity contribution >= 4 is 35.4 Å². The smallest absolute Gasteiger partial charge is 0.338 e. The lowest BCUT2D eigenvalue weighted by Gasteiger charge is -2.34. The van der Waals surface area contributed by atoms with Crippen LogP contribution in [0.15, 0.2) is 36.4 Å². The molecule has 2 amide bonds. The Morgan fingerprint density at radius 1 is 1.00 bits per heavy atom. The number of fused-ring (bicyclic) bond motifs is 5. The first-order valence-corrected chi connectivity index (χ1v) is 10.4. The molecule has 3 aliphatic heterocycles. The van der Waals surface area contributed by atoms with Crippen LogP contribution < -0.4 is 4.90 Å². The monoisotopic (exact) mass is 457 g/mol. The van der Waals surface area contributed by atoms with Crippen molar-refractivity contribution in [2.24, 2.45) is 11.8 Å². The average molecular weight is 457 g/mol. The number of hydrogen-bond acceptors (Lipinski definition) is 9. The second-order valence-corrected chi connectivity index (χ2v) is 8.26. The average Bonchev–Trinajstić information content (AvgIpc) is 3.33. The molecule has 1 aromatic rings. The van der Waals surface area contributed by atoms with Gasteiger partial charge in [0.1, 0.15) is 0 Å². The quantitative estimate of drug-likeness (QED) is 0.270. The van der Waals surface area contributed by atoms with Crippen LogP contribution in [0.25, 0.3) is 0 Å². The molecule has 3 heterocycles. The summed E-state index contributed by atoms with van der Waals surface area (Å²) in [7, 11) is 0. The number of imide groups is 1. The van der Waals surface area contributed by atoms with E-state index in [1.807, 2.05) is 0 Å². The van der Waals surface area contributed by atoms with Gasteiger partial charge >= 0.3 is 17.9 Å².